The minimum atomic E-state index is -0.626. The van der Waals surface area contributed by atoms with Crippen molar-refractivity contribution in [3.05, 3.63) is 29.6 Å². The molecule has 0 saturated heterocycles. The lowest BCUT2D eigenvalue weighted by atomic mass is 9.63. The van der Waals surface area contributed by atoms with Crippen LogP contribution in [0.4, 0.5) is 0 Å². The van der Waals surface area contributed by atoms with Crippen LogP contribution in [0.3, 0.4) is 0 Å². The van der Waals surface area contributed by atoms with E-state index in [9.17, 15) is 5.11 Å². The standard InChI is InChI=1S/C18H27NO/c1-14-10-12-19-13-17(14)18(20)11-6-5-9-16(18)15-7-3-2-4-8-15/h10,12-13,15-16,20H,2-9,11H2,1H3. The van der Waals surface area contributed by atoms with E-state index in [4.69, 9.17) is 0 Å². The van der Waals surface area contributed by atoms with Crippen LogP contribution in [0.15, 0.2) is 18.5 Å². The fourth-order valence-electron chi connectivity index (χ4n) is 4.60. The number of pyridine rings is 1. The van der Waals surface area contributed by atoms with Crippen LogP contribution in [0.25, 0.3) is 0 Å². The average molecular weight is 273 g/mol. The number of aliphatic hydroxyl groups is 1. The zero-order valence-electron chi connectivity index (χ0n) is 12.6. The molecule has 2 aliphatic rings. The van der Waals surface area contributed by atoms with E-state index >= 15 is 0 Å². The molecule has 2 fully saturated rings. The zero-order valence-corrected chi connectivity index (χ0v) is 12.6. The van der Waals surface area contributed by atoms with Gasteiger partial charge in [0.2, 0.25) is 0 Å². The third-order valence-electron chi connectivity index (χ3n) is 5.66. The van der Waals surface area contributed by atoms with Crippen molar-refractivity contribution >= 4 is 0 Å². The third-order valence-corrected chi connectivity index (χ3v) is 5.66. The minimum absolute atomic E-state index is 0.444. The average Bonchev–Trinajstić information content (AvgIpc) is 2.49. The molecule has 0 amide bonds. The van der Waals surface area contributed by atoms with Crippen LogP contribution < -0.4 is 0 Å². The summed E-state index contributed by atoms with van der Waals surface area (Å²) in [6.07, 6.45) is 15.0. The molecule has 0 bridgehead atoms. The van der Waals surface area contributed by atoms with Crippen molar-refractivity contribution in [3.8, 4) is 0 Å². The van der Waals surface area contributed by atoms with Crippen molar-refractivity contribution in [1.29, 1.82) is 0 Å². The highest BCUT2D eigenvalue weighted by Crippen LogP contribution is 2.49. The molecule has 2 nitrogen and oxygen atoms in total. The van der Waals surface area contributed by atoms with Crippen LogP contribution in [0.1, 0.15) is 68.9 Å². The molecule has 1 aromatic heterocycles. The summed E-state index contributed by atoms with van der Waals surface area (Å²) in [7, 11) is 0. The second-order valence-corrected chi connectivity index (χ2v) is 6.87. The van der Waals surface area contributed by atoms with Crippen LogP contribution in [-0.2, 0) is 5.60 Å². The lowest BCUT2D eigenvalue weighted by molar-refractivity contribution is -0.0841. The van der Waals surface area contributed by atoms with Crippen molar-refractivity contribution in [2.75, 3.05) is 0 Å². The van der Waals surface area contributed by atoms with E-state index in [0.29, 0.717) is 11.8 Å². The molecule has 3 rings (SSSR count). The first kappa shape index (κ1) is 14.1. The Kier molecular flexibility index (Phi) is 4.11. The number of hydrogen-bond acceptors (Lipinski definition) is 2. The van der Waals surface area contributed by atoms with Gasteiger partial charge in [-0.1, -0.05) is 44.9 Å². The van der Waals surface area contributed by atoms with Crippen molar-refractivity contribution in [2.24, 2.45) is 11.8 Å². The first-order valence-electron chi connectivity index (χ1n) is 8.35. The van der Waals surface area contributed by atoms with Crippen LogP contribution >= 0.6 is 0 Å². The fourth-order valence-corrected chi connectivity index (χ4v) is 4.60. The van der Waals surface area contributed by atoms with E-state index in [1.165, 1.54) is 50.5 Å². The summed E-state index contributed by atoms with van der Waals surface area (Å²) in [5.74, 6) is 1.16. The summed E-state index contributed by atoms with van der Waals surface area (Å²) in [5, 5.41) is 11.5. The van der Waals surface area contributed by atoms with Gasteiger partial charge in [-0.2, -0.15) is 0 Å². The summed E-state index contributed by atoms with van der Waals surface area (Å²) in [6, 6.07) is 2.04. The molecule has 1 heterocycles. The van der Waals surface area contributed by atoms with E-state index in [0.717, 1.165) is 18.4 Å². The molecule has 2 saturated carbocycles. The summed E-state index contributed by atoms with van der Waals surface area (Å²) < 4.78 is 0. The summed E-state index contributed by atoms with van der Waals surface area (Å²) in [5.41, 5.74) is 1.67. The predicted molar refractivity (Wildman–Crippen MR) is 81.4 cm³/mol. The van der Waals surface area contributed by atoms with Gasteiger partial charge >= 0.3 is 0 Å². The van der Waals surface area contributed by atoms with Gasteiger partial charge in [-0.15, -0.1) is 0 Å². The Balaban J connectivity index is 1.92. The lowest BCUT2D eigenvalue weighted by Gasteiger charge is -2.46. The van der Waals surface area contributed by atoms with Crippen LogP contribution in [0.2, 0.25) is 0 Å². The maximum absolute atomic E-state index is 11.5. The molecule has 2 unspecified atom stereocenters. The summed E-state index contributed by atoms with van der Waals surface area (Å²) >= 11 is 0. The Morgan fingerprint density at radius 2 is 1.85 bits per heavy atom. The SMILES string of the molecule is Cc1ccncc1C1(O)CCCCC1C1CCCCC1. The van der Waals surface area contributed by atoms with Crippen molar-refractivity contribution in [2.45, 2.75) is 70.3 Å². The van der Waals surface area contributed by atoms with Gasteiger partial charge in [-0.3, -0.25) is 4.98 Å². The van der Waals surface area contributed by atoms with Gasteiger partial charge in [-0.05, 0) is 43.2 Å². The highest BCUT2D eigenvalue weighted by Gasteiger charge is 2.45. The molecule has 0 aromatic carbocycles. The molecule has 0 radical (unpaired) electrons. The molecule has 2 heteroatoms. The molecule has 110 valence electrons. The van der Waals surface area contributed by atoms with Gasteiger partial charge in [0.1, 0.15) is 0 Å². The third kappa shape index (κ3) is 2.50. The molecule has 20 heavy (non-hydrogen) atoms. The Bertz CT molecular complexity index is 452. The lowest BCUT2D eigenvalue weighted by Crippen LogP contribution is -2.43. The van der Waals surface area contributed by atoms with E-state index in [-0.39, 0.29) is 0 Å². The number of nitrogens with zero attached hydrogens (tertiary/aromatic N) is 1. The Morgan fingerprint density at radius 1 is 1.10 bits per heavy atom. The van der Waals surface area contributed by atoms with E-state index in [1.54, 1.807) is 0 Å². The zero-order chi connectivity index (χ0) is 14.0. The molecule has 0 aliphatic heterocycles. The quantitative estimate of drug-likeness (QED) is 0.869. The Labute approximate surface area is 122 Å². The molecular formula is C18H27NO. The van der Waals surface area contributed by atoms with Crippen molar-refractivity contribution in [3.63, 3.8) is 0 Å². The monoisotopic (exact) mass is 273 g/mol. The molecule has 0 spiro atoms. The number of rotatable bonds is 2. The smallest absolute Gasteiger partial charge is 0.0944 e. The summed E-state index contributed by atoms with van der Waals surface area (Å²) in [4.78, 5) is 4.29. The number of hydrogen-bond donors (Lipinski definition) is 1. The van der Waals surface area contributed by atoms with Crippen LogP contribution in [0, 0.1) is 18.8 Å². The second kappa shape index (κ2) is 5.85. The Hall–Kier alpha value is -0.890. The van der Waals surface area contributed by atoms with Crippen molar-refractivity contribution in [1.82, 2.24) is 4.98 Å². The Morgan fingerprint density at radius 3 is 2.60 bits per heavy atom. The largest absolute Gasteiger partial charge is 0.385 e. The highest BCUT2D eigenvalue weighted by atomic mass is 16.3. The van der Waals surface area contributed by atoms with Gasteiger partial charge in [0.15, 0.2) is 0 Å². The molecular weight excluding hydrogens is 246 g/mol. The number of aryl methyl sites for hydroxylation is 1. The molecule has 1 aromatic rings. The first-order chi connectivity index (χ1) is 9.72. The normalized spacial score (nSPS) is 32.2. The molecule has 2 aliphatic carbocycles. The highest BCUT2D eigenvalue weighted by molar-refractivity contribution is 5.29. The van der Waals surface area contributed by atoms with Gasteiger partial charge in [-0.25, -0.2) is 0 Å². The first-order valence-corrected chi connectivity index (χ1v) is 8.35. The van der Waals surface area contributed by atoms with Crippen LogP contribution in [0.5, 0.6) is 0 Å². The number of aromatic nitrogens is 1. The fraction of sp³-hybridized carbons (Fsp3) is 0.722. The summed E-state index contributed by atoms with van der Waals surface area (Å²) in [6.45, 7) is 2.11. The van der Waals surface area contributed by atoms with Crippen LogP contribution in [-0.4, -0.2) is 10.1 Å². The minimum Gasteiger partial charge on any atom is -0.385 e. The maximum Gasteiger partial charge on any atom is 0.0944 e. The van der Waals surface area contributed by atoms with Gasteiger partial charge < -0.3 is 5.11 Å². The van der Waals surface area contributed by atoms with Crippen molar-refractivity contribution < 1.29 is 5.11 Å². The molecule has 1 N–H and O–H groups in total. The van der Waals surface area contributed by atoms with E-state index in [1.807, 2.05) is 18.5 Å². The topological polar surface area (TPSA) is 33.1 Å². The van der Waals surface area contributed by atoms with Gasteiger partial charge in [0.25, 0.3) is 0 Å². The van der Waals surface area contributed by atoms with E-state index < -0.39 is 5.60 Å². The van der Waals surface area contributed by atoms with Gasteiger partial charge in [0.05, 0.1) is 5.60 Å². The second-order valence-electron chi connectivity index (χ2n) is 6.87. The maximum atomic E-state index is 11.5. The molecule has 2 atom stereocenters. The van der Waals surface area contributed by atoms with Gasteiger partial charge in [0, 0.05) is 18.0 Å². The predicted octanol–water partition coefficient (Wildman–Crippen LogP) is 4.35. The van der Waals surface area contributed by atoms with E-state index in [2.05, 4.69) is 11.9 Å².